The van der Waals surface area contributed by atoms with E-state index < -0.39 is 0 Å². The number of amides is 2. The Balaban J connectivity index is 1.83. The number of aromatic nitrogens is 3. The van der Waals surface area contributed by atoms with Crippen molar-refractivity contribution in [1.82, 2.24) is 20.1 Å². The van der Waals surface area contributed by atoms with Crippen molar-refractivity contribution in [2.75, 3.05) is 11.1 Å². The first-order valence-corrected chi connectivity index (χ1v) is 9.54. The van der Waals surface area contributed by atoms with E-state index in [0.717, 1.165) is 16.4 Å². The molecule has 2 N–H and O–H groups in total. The SMILES string of the molecule is CC(C)C(=O)Nc1cccc(CNC(=O)CSc2nncn2C(C)C)c1. The predicted octanol–water partition coefficient (Wildman–Crippen LogP) is 2.86. The lowest BCUT2D eigenvalue weighted by Crippen LogP contribution is -2.25. The van der Waals surface area contributed by atoms with Gasteiger partial charge in [0.1, 0.15) is 6.33 Å². The summed E-state index contributed by atoms with van der Waals surface area (Å²) in [6.07, 6.45) is 1.67. The summed E-state index contributed by atoms with van der Waals surface area (Å²) >= 11 is 1.36. The van der Waals surface area contributed by atoms with E-state index in [1.54, 1.807) is 6.33 Å². The maximum atomic E-state index is 12.1. The summed E-state index contributed by atoms with van der Waals surface area (Å²) in [4.78, 5) is 23.9. The first kappa shape index (κ1) is 20.0. The van der Waals surface area contributed by atoms with Crippen LogP contribution in [0, 0.1) is 5.92 Å². The molecule has 0 radical (unpaired) electrons. The molecule has 2 amide bonds. The van der Waals surface area contributed by atoms with Crippen LogP contribution in [0.15, 0.2) is 35.7 Å². The molecule has 0 bridgehead atoms. The van der Waals surface area contributed by atoms with E-state index in [4.69, 9.17) is 0 Å². The lowest BCUT2D eigenvalue weighted by molar-refractivity contribution is -0.119. The van der Waals surface area contributed by atoms with E-state index >= 15 is 0 Å². The third-order valence-corrected chi connectivity index (χ3v) is 4.59. The zero-order valence-corrected chi connectivity index (χ0v) is 16.3. The Labute approximate surface area is 158 Å². The Kier molecular flexibility index (Phi) is 7.20. The van der Waals surface area contributed by atoms with Crippen LogP contribution in [-0.4, -0.2) is 32.3 Å². The van der Waals surface area contributed by atoms with Crippen LogP contribution in [0.1, 0.15) is 39.3 Å². The smallest absolute Gasteiger partial charge is 0.230 e. The summed E-state index contributed by atoms with van der Waals surface area (Å²) in [6.45, 7) is 8.17. The topological polar surface area (TPSA) is 88.9 Å². The van der Waals surface area contributed by atoms with E-state index in [1.165, 1.54) is 11.8 Å². The third kappa shape index (κ3) is 5.87. The van der Waals surface area contributed by atoms with Crippen molar-refractivity contribution < 1.29 is 9.59 Å². The molecular weight excluding hydrogens is 350 g/mol. The summed E-state index contributed by atoms with van der Waals surface area (Å²) in [7, 11) is 0. The minimum absolute atomic E-state index is 0.0307. The number of nitrogens with zero attached hydrogens (tertiary/aromatic N) is 3. The number of benzene rings is 1. The fraction of sp³-hybridized carbons (Fsp3) is 0.444. The van der Waals surface area contributed by atoms with Gasteiger partial charge in [0.05, 0.1) is 5.75 Å². The molecule has 0 saturated heterocycles. The van der Waals surface area contributed by atoms with Crippen LogP contribution in [0.5, 0.6) is 0 Å². The van der Waals surface area contributed by atoms with Crippen LogP contribution in [0.3, 0.4) is 0 Å². The Morgan fingerprint density at radius 1 is 1.23 bits per heavy atom. The van der Waals surface area contributed by atoms with Gasteiger partial charge in [0.2, 0.25) is 11.8 Å². The van der Waals surface area contributed by atoms with Gasteiger partial charge in [0.15, 0.2) is 5.16 Å². The molecule has 1 heterocycles. The fourth-order valence-corrected chi connectivity index (χ4v) is 2.99. The first-order chi connectivity index (χ1) is 12.4. The Morgan fingerprint density at radius 3 is 2.69 bits per heavy atom. The second kappa shape index (κ2) is 9.38. The lowest BCUT2D eigenvalue weighted by Gasteiger charge is -2.11. The molecular formula is C18H25N5O2S. The molecule has 7 nitrogen and oxygen atoms in total. The molecule has 0 unspecified atom stereocenters. The molecule has 0 atom stereocenters. The van der Waals surface area contributed by atoms with Crippen molar-refractivity contribution in [3.05, 3.63) is 36.2 Å². The van der Waals surface area contributed by atoms with Gasteiger partial charge in [-0.15, -0.1) is 10.2 Å². The summed E-state index contributed by atoms with van der Waals surface area (Å²) in [6, 6.07) is 7.72. The Hall–Kier alpha value is -2.35. The summed E-state index contributed by atoms with van der Waals surface area (Å²) in [5.41, 5.74) is 1.66. The Bertz CT molecular complexity index is 758. The number of hydrogen-bond acceptors (Lipinski definition) is 5. The maximum Gasteiger partial charge on any atom is 0.230 e. The molecule has 0 aliphatic rings. The van der Waals surface area contributed by atoms with Crippen LogP contribution in [0.25, 0.3) is 0 Å². The monoisotopic (exact) mass is 375 g/mol. The number of rotatable bonds is 8. The second-order valence-corrected chi connectivity index (χ2v) is 7.47. The van der Waals surface area contributed by atoms with Gasteiger partial charge in [-0.05, 0) is 31.5 Å². The van der Waals surface area contributed by atoms with E-state index in [-0.39, 0.29) is 29.5 Å². The highest BCUT2D eigenvalue weighted by Gasteiger charge is 2.11. The number of nitrogens with one attached hydrogen (secondary N) is 2. The fourth-order valence-electron chi connectivity index (χ4n) is 2.12. The minimum atomic E-state index is -0.0803. The van der Waals surface area contributed by atoms with Crippen molar-refractivity contribution >= 4 is 29.3 Å². The van der Waals surface area contributed by atoms with E-state index in [0.29, 0.717) is 6.54 Å². The zero-order valence-electron chi connectivity index (χ0n) is 15.5. The molecule has 2 rings (SSSR count). The van der Waals surface area contributed by atoms with E-state index in [9.17, 15) is 9.59 Å². The highest BCUT2D eigenvalue weighted by atomic mass is 32.2. The average Bonchev–Trinajstić information content (AvgIpc) is 3.07. The zero-order chi connectivity index (χ0) is 19.1. The molecule has 2 aromatic rings. The number of hydrogen-bond donors (Lipinski definition) is 2. The molecule has 1 aromatic carbocycles. The predicted molar refractivity (Wildman–Crippen MR) is 103 cm³/mol. The van der Waals surface area contributed by atoms with Gasteiger partial charge in [-0.25, -0.2) is 0 Å². The van der Waals surface area contributed by atoms with Crippen molar-refractivity contribution in [3.8, 4) is 0 Å². The van der Waals surface area contributed by atoms with Gasteiger partial charge in [0.25, 0.3) is 0 Å². The Morgan fingerprint density at radius 2 is 2.00 bits per heavy atom. The first-order valence-electron chi connectivity index (χ1n) is 8.55. The van der Waals surface area contributed by atoms with Crippen LogP contribution in [0.2, 0.25) is 0 Å². The highest BCUT2D eigenvalue weighted by Crippen LogP contribution is 2.18. The lowest BCUT2D eigenvalue weighted by atomic mass is 10.1. The molecule has 8 heteroatoms. The standard InChI is InChI=1S/C18H25N5O2S/c1-12(2)17(25)21-15-7-5-6-14(8-15)9-19-16(24)10-26-18-22-20-11-23(18)13(3)4/h5-8,11-13H,9-10H2,1-4H3,(H,19,24)(H,21,25). The average molecular weight is 375 g/mol. The van der Waals surface area contributed by atoms with Crippen molar-refractivity contribution in [3.63, 3.8) is 0 Å². The quantitative estimate of drug-likeness (QED) is 0.693. The van der Waals surface area contributed by atoms with Crippen LogP contribution in [0.4, 0.5) is 5.69 Å². The van der Waals surface area contributed by atoms with Crippen molar-refractivity contribution in [2.45, 2.75) is 45.4 Å². The van der Waals surface area contributed by atoms with Gasteiger partial charge in [-0.3, -0.25) is 9.59 Å². The maximum absolute atomic E-state index is 12.1. The molecule has 0 fully saturated rings. The van der Waals surface area contributed by atoms with Gasteiger partial charge >= 0.3 is 0 Å². The normalized spacial score (nSPS) is 11.0. The van der Waals surface area contributed by atoms with E-state index in [2.05, 4.69) is 20.8 Å². The van der Waals surface area contributed by atoms with Crippen LogP contribution in [-0.2, 0) is 16.1 Å². The van der Waals surface area contributed by atoms with Crippen LogP contribution >= 0.6 is 11.8 Å². The molecule has 26 heavy (non-hydrogen) atoms. The van der Waals surface area contributed by atoms with E-state index in [1.807, 2.05) is 56.5 Å². The summed E-state index contributed by atoms with van der Waals surface area (Å²) in [5, 5.41) is 14.4. The van der Waals surface area contributed by atoms with Gasteiger partial charge < -0.3 is 15.2 Å². The summed E-state index contributed by atoms with van der Waals surface area (Å²) < 4.78 is 1.93. The molecule has 0 aliphatic heterocycles. The molecule has 0 saturated carbocycles. The number of anilines is 1. The van der Waals surface area contributed by atoms with Gasteiger partial charge in [0, 0.05) is 24.2 Å². The molecule has 0 spiro atoms. The molecule has 0 aliphatic carbocycles. The minimum Gasteiger partial charge on any atom is -0.351 e. The van der Waals surface area contributed by atoms with Crippen molar-refractivity contribution in [1.29, 1.82) is 0 Å². The highest BCUT2D eigenvalue weighted by molar-refractivity contribution is 7.99. The molecule has 1 aromatic heterocycles. The number of carbonyl (C=O) groups excluding carboxylic acids is 2. The van der Waals surface area contributed by atoms with Gasteiger partial charge in [-0.2, -0.15) is 0 Å². The third-order valence-electron chi connectivity index (χ3n) is 3.64. The largest absolute Gasteiger partial charge is 0.351 e. The van der Waals surface area contributed by atoms with Gasteiger partial charge in [-0.1, -0.05) is 37.7 Å². The summed E-state index contributed by atoms with van der Waals surface area (Å²) in [5.74, 6) is 0.0832. The number of carbonyl (C=O) groups is 2. The van der Waals surface area contributed by atoms with Crippen LogP contribution < -0.4 is 10.6 Å². The second-order valence-electron chi connectivity index (χ2n) is 6.52. The molecule has 140 valence electrons. The van der Waals surface area contributed by atoms with Crippen molar-refractivity contribution in [2.24, 2.45) is 5.92 Å². The number of thioether (sulfide) groups is 1.